The van der Waals surface area contributed by atoms with Crippen molar-refractivity contribution in [3.8, 4) is 0 Å². The molecule has 0 aliphatic carbocycles. The van der Waals surface area contributed by atoms with E-state index in [9.17, 15) is 4.79 Å². The Bertz CT molecular complexity index is 735. The van der Waals surface area contributed by atoms with Crippen LogP contribution in [0, 0.1) is 6.92 Å². The molecule has 1 fully saturated rings. The van der Waals surface area contributed by atoms with E-state index >= 15 is 0 Å². The van der Waals surface area contributed by atoms with E-state index in [1.54, 1.807) is 11.1 Å². The van der Waals surface area contributed by atoms with Crippen LogP contribution in [-0.2, 0) is 18.3 Å². The Labute approximate surface area is 147 Å². The largest absolute Gasteiger partial charge is 0.447 e. The zero-order valence-electron chi connectivity index (χ0n) is 15.3. The van der Waals surface area contributed by atoms with Gasteiger partial charge in [0.2, 0.25) is 0 Å². The molecule has 0 N–H and O–H groups in total. The van der Waals surface area contributed by atoms with Gasteiger partial charge >= 0.3 is 6.09 Å². The number of imidazole rings is 1. The Hall–Kier alpha value is -2.38. The summed E-state index contributed by atoms with van der Waals surface area (Å²) in [7, 11) is 1.99. The van der Waals surface area contributed by atoms with Crippen LogP contribution in [0.4, 0.5) is 4.79 Å². The number of nitrogens with zero attached hydrogens (tertiary/aromatic N) is 6. The molecule has 1 atom stereocenters. The van der Waals surface area contributed by atoms with Gasteiger partial charge in [-0.25, -0.2) is 9.78 Å². The second-order valence-electron chi connectivity index (χ2n) is 6.85. The first-order valence-corrected chi connectivity index (χ1v) is 8.77. The lowest BCUT2D eigenvalue weighted by Gasteiger charge is -2.32. The number of aromatic nitrogens is 5. The molecule has 1 saturated heterocycles. The molecule has 1 amide bonds. The maximum atomic E-state index is 12.2. The van der Waals surface area contributed by atoms with Crippen molar-refractivity contribution in [2.24, 2.45) is 7.05 Å². The molecule has 0 aromatic carbocycles. The summed E-state index contributed by atoms with van der Waals surface area (Å²) in [4.78, 5) is 18.2. The fourth-order valence-electron chi connectivity index (χ4n) is 3.22. The van der Waals surface area contributed by atoms with Gasteiger partial charge in [0.05, 0.1) is 12.6 Å². The van der Waals surface area contributed by atoms with E-state index in [1.807, 2.05) is 43.1 Å². The summed E-state index contributed by atoms with van der Waals surface area (Å²) in [5, 5.41) is 8.76. The van der Waals surface area contributed by atoms with Crippen LogP contribution < -0.4 is 0 Å². The molecule has 136 valence electrons. The van der Waals surface area contributed by atoms with Crippen LogP contribution in [0.1, 0.15) is 50.1 Å². The van der Waals surface area contributed by atoms with E-state index in [2.05, 4.69) is 15.2 Å². The van der Waals surface area contributed by atoms with E-state index in [1.165, 1.54) is 0 Å². The maximum Gasteiger partial charge on any atom is 0.410 e. The van der Waals surface area contributed by atoms with Gasteiger partial charge in [0, 0.05) is 38.4 Å². The summed E-state index contributed by atoms with van der Waals surface area (Å²) in [6.07, 6.45) is 5.33. The maximum absolute atomic E-state index is 12.2. The molecule has 3 rings (SSSR count). The first-order chi connectivity index (χ1) is 12.0. The number of carbonyl (C=O) groups excluding carboxylic acids is 1. The quantitative estimate of drug-likeness (QED) is 0.847. The van der Waals surface area contributed by atoms with Crippen molar-refractivity contribution < 1.29 is 9.53 Å². The Morgan fingerprint density at radius 2 is 2.20 bits per heavy atom. The highest BCUT2D eigenvalue weighted by atomic mass is 16.6. The summed E-state index contributed by atoms with van der Waals surface area (Å²) in [5.41, 5.74) is 0. The van der Waals surface area contributed by atoms with Crippen molar-refractivity contribution in [3.05, 3.63) is 29.9 Å². The van der Waals surface area contributed by atoms with Gasteiger partial charge in [-0.15, -0.1) is 10.2 Å². The Balaban J connectivity index is 1.71. The molecular formula is C17H26N6O2. The molecule has 0 unspecified atom stereocenters. The molecule has 0 bridgehead atoms. The highest BCUT2D eigenvalue weighted by Gasteiger charge is 2.29. The first kappa shape index (κ1) is 17.4. The minimum absolute atomic E-state index is 0.104. The van der Waals surface area contributed by atoms with E-state index in [-0.39, 0.29) is 18.1 Å². The van der Waals surface area contributed by atoms with E-state index in [0.29, 0.717) is 13.1 Å². The molecule has 2 aromatic rings. The second kappa shape index (κ2) is 7.25. The third-order valence-corrected chi connectivity index (χ3v) is 4.62. The van der Waals surface area contributed by atoms with Gasteiger partial charge in [-0.2, -0.15) is 0 Å². The Morgan fingerprint density at radius 1 is 1.40 bits per heavy atom. The predicted octanol–water partition coefficient (Wildman–Crippen LogP) is 2.09. The molecule has 0 spiro atoms. The fourth-order valence-corrected chi connectivity index (χ4v) is 3.22. The second-order valence-corrected chi connectivity index (χ2v) is 6.85. The van der Waals surface area contributed by atoms with Crippen molar-refractivity contribution >= 4 is 6.09 Å². The highest BCUT2D eigenvalue weighted by molar-refractivity contribution is 5.68. The average molecular weight is 346 g/mol. The summed E-state index contributed by atoms with van der Waals surface area (Å²) < 4.78 is 9.41. The summed E-state index contributed by atoms with van der Waals surface area (Å²) in [5.74, 6) is 2.95. The molecule has 1 aliphatic heterocycles. The number of rotatable bonds is 4. The lowest BCUT2D eigenvalue weighted by molar-refractivity contribution is 0.0675. The molecule has 0 radical (unpaired) electrons. The average Bonchev–Trinajstić information content (AvgIpc) is 3.14. The summed E-state index contributed by atoms with van der Waals surface area (Å²) in [6, 6.07) is 0. The van der Waals surface area contributed by atoms with Crippen molar-refractivity contribution in [2.45, 2.75) is 52.2 Å². The molecule has 8 nitrogen and oxygen atoms in total. The summed E-state index contributed by atoms with van der Waals surface area (Å²) >= 11 is 0. The number of hydrogen-bond acceptors (Lipinski definition) is 5. The van der Waals surface area contributed by atoms with Crippen LogP contribution in [0.3, 0.4) is 0 Å². The van der Waals surface area contributed by atoms with Crippen LogP contribution in [0.15, 0.2) is 12.4 Å². The minimum atomic E-state index is -0.240. The van der Waals surface area contributed by atoms with Gasteiger partial charge in [0.15, 0.2) is 5.82 Å². The number of carbonyl (C=O) groups is 1. The fraction of sp³-hybridized carbons (Fsp3) is 0.647. The van der Waals surface area contributed by atoms with E-state index in [4.69, 9.17) is 4.74 Å². The van der Waals surface area contributed by atoms with Crippen molar-refractivity contribution in [1.82, 2.24) is 29.2 Å². The minimum Gasteiger partial charge on any atom is -0.447 e. The zero-order chi connectivity index (χ0) is 18.0. The zero-order valence-corrected chi connectivity index (χ0v) is 15.3. The number of aryl methyl sites for hydroxylation is 1. The third kappa shape index (κ3) is 3.83. The predicted molar refractivity (Wildman–Crippen MR) is 92.2 cm³/mol. The molecule has 0 saturated carbocycles. The lowest BCUT2D eigenvalue weighted by Crippen LogP contribution is -2.40. The SMILES string of the molecule is Cc1nccn1Cc1nnc([C@@H]2CCCN(C(=O)OC(C)C)C2)n1C. The molecular weight excluding hydrogens is 320 g/mol. The topological polar surface area (TPSA) is 78.1 Å². The third-order valence-electron chi connectivity index (χ3n) is 4.62. The molecule has 25 heavy (non-hydrogen) atoms. The van der Waals surface area contributed by atoms with Gasteiger partial charge in [-0.1, -0.05) is 0 Å². The van der Waals surface area contributed by atoms with E-state index < -0.39 is 0 Å². The molecule has 2 aromatic heterocycles. The van der Waals surface area contributed by atoms with Crippen molar-refractivity contribution in [3.63, 3.8) is 0 Å². The number of likely N-dealkylation sites (tertiary alicyclic amines) is 1. The number of hydrogen-bond donors (Lipinski definition) is 0. The van der Waals surface area contributed by atoms with Crippen LogP contribution in [0.25, 0.3) is 0 Å². The Morgan fingerprint density at radius 3 is 2.88 bits per heavy atom. The van der Waals surface area contributed by atoms with Crippen LogP contribution in [0.5, 0.6) is 0 Å². The smallest absolute Gasteiger partial charge is 0.410 e. The first-order valence-electron chi connectivity index (χ1n) is 8.77. The van der Waals surface area contributed by atoms with Gasteiger partial charge in [0.1, 0.15) is 11.6 Å². The van der Waals surface area contributed by atoms with Gasteiger partial charge < -0.3 is 18.8 Å². The van der Waals surface area contributed by atoms with E-state index in [0.717, 1.165) is 36.9 Å². The van der Waals surface area contributed by atoms with Crippen LogP contribution in [0.2, 0.25) is 0 Å². The monoisotopic (exact) mass is 346 g/mol. The van der Waals surface area contributed by atoms with Crippen LogP contribution >= 0.6 is 0 Å². The normalized spacial score (nSPS) is 18.0. The summed E-state index contributed by atoms with van der Waals surface area (Å²) in [6.45, 7) is 7.71. The molecule has 3 heterocycles. The number of amides is 1. The van der Waals surface area contributed by atoms with Gasteiger partial charge in [-0.3, -0.25) is 0 Å². The van der Waals surface area contributed by atoms with Crippen molar-refractivity contribution in [1.29, 1.82) is 0 Å². The van der Waals surface area contributed by atoms with Gasteiger partial charge in [-0.05, 0) is 33.6 Å². The standard InChI is InChI=1S/C17H26N6O2/c1-12(2)25-17(24)23-8-5-6-14(10-23)16-20-19-15(21(16)4)11-22-9-7-18-13(22)3/h7,9,12,14H,5-6,8,10-11H2,1-4H3/t14-/m1/s1. The molecule has 1 aliphatic rings. The van der Waals surface area contributed by atoms with Crippen molar-refractivity contribution in [2.75, 3.05) is 13.1 Å². The number of piperidine rings is 1. The molecule has 8 heteroatoms. The number of ether oxygens (including phenoxy) is 1. The lowest BCUT2D eigenvalue weighted by atomic mass is 9.97. The highest BCUT2D eigenvalue weighted by Crippen LogP contribution is 2.26. The van der Waals surface area contributed by atoms with Crippen LogP contribution in [-0.4, -0.2) is 54.5 Å². The Kier molecular flexibility index (Phi) is 5.06. The van der Waals surface area contributed by atoms with Gasteiger partial charge in [0.25, 0.3) is 0 Å².